The normalized spacial score (nSPS) is 11.2. The molecule has 0 saturated heterocycles. The van der Waals surface area contributed by atoms with Crippen LogP contribution < -0.4 is 5.73 Å². The van der Waals surface area contributed by atoms with Crippen molar-refractivity contribution in [2.24, 2.45) is 0 Å². The maximum atomic E-state index is 13.4. The van der Waals surface area contributed by atoms with Crippen molar-refractivity contribution in [2.75, 3.05) is 5.73 Å². The molecule has 5 nitrogen and oxygen atoms in total. The monoisotopic (exact) mass is 464 g/mol. The summed E-state index contributed by atoms with van der Waals surface area (Å²) in [5, 5.41) is 6.47. The third-order valence-electron chi connectivity index (χ3n) is 4.81. The molecule has 0 radical (unpaired) electrons. The van der Waals surface area contributed by atoms with E-state index in [-0.39, 0.29) is 17.2 Å². The summed E-state index contributed by atoms with van der Waals surface area (Å²) in [4.78, 5) is 18.1. The van der Waals surface area contributed by atoms with Crippen LogP contribution in [0.25, 0.3) is 26.6 Å². The van der Waals surface area contributed by atoms with E-state index in [1.54, 1.807) is 53.2 Å². The zero-order valence-electron chi connectivity index (χ0n) is 15.9. The van der Waals surface area contributed by atoms with E-state index < -0.39 is 0 Å². The van der Waals surface area contributed by atoms with Gasteiger partial charge in [0.15, 0.2) is 0 Å². The van der Waals surface area contributed by atoms with Crippen LogP contribution in [0.2, 0.25) is 10.0 Å². The Morgan fingerprint density at radius 2 is 1.55 bits per heavy atom. The molecule has 31 heavy (non-hydrogen) atoms. The van der Waals surface area contributed by atoms with E-state index in [0.717, 1.165) is 10.2 Å². The van der Waals surface area contributed by atoms with E-state index in [9.17, 15) is 4.79 Å². The predicted molar refractivity (Wildman–Crippen MR) is 126 cm³/mol. The first-order chi connectivity index (χ1) is 15.0. The van der Waals surface area contributed by atoms with Crippen molar-refractivity contribution in [2.45, 2.75) is 0 Å². The van der Waals surface area contributed by atoms with E-state index in [1.807, 2.05) is 24.3 Å². The Balaban J connectivity index is 1.72. The lowest BCUT2D eigenvalue weighted by Crippen LogP contribution is -2.12. The Morgan fingerprint density at radius 1 is 0.903 bits per heavy atom. The van der Waals surface area contributed by atoms with Gasteiger partial charge in [-0.2, -0.15) is 5.10 Å². The Bertz CT molecular complexity index is 1390. The van der Waals surface area contributed by atoms with Gasteiger partial charge in [-0.25, -0.2) is 9.67 Å². The second kappa shape index (κ2) is 7.81. The van der Waals surface area contributed by atoms with Gasteiger partial charge in [0.25, 0.3) is 0 Å². The maximum absolute atomic E-state index is 13.4. The lowest BCUT2D eigenvalue weighted by Gasteiger charge is -2.08. The molecule has 0 aliphatic rings. The highest BCUT2D eigenvalue weighted by molar-refractivity contribution is 7.21. The average molecular weight is 465 g/mol. The van der Waals surface area contributed by atoms with E-state index in [2.05, 4.69) is 10.1 Å². The number of halogens is 2. The zero-order valence-corrected chi connectivity index (χ0v) is 18.2. The Labute approximate surface area is 191 Å². The molecule has 8 heteroatoms. The minimum absolute atomic E-state index is 0.260. The molecule has 0 bridgehead atoms. The fourth-order valence-corrected chi connectivity index (χ4v) is 4.50. The number of anilines is 1. The molecule has 0 unspecified atom stereocenters. The number of carbonyl (C=O) groups is 1. The average Bonchev–Trinajstić information content (AvgIpc) is 3.35. The van der Waals surface area contributed by atoms with Crippen molar-refractivity contribution in [3.8, 4) is 16.4 Å². The summed E-state index contributed by atoms with van der Waals surface area (Å²) >= 11 is 13.5. The number of carbonyl (C=O) groups excluding carboxylic acids is 1. The molecule has 0 atom stereocenters. The molecule has 0 aliphatic heterocycles. The van der Waals surface area contributed by atoms with E-state index >= 15 is 0 Å². The van der Waals surface area contributed by atoms with E-state index in [4.69, 9.17) is 28.9 Å². The molecule has 0 amide bonds. The van der Waals surface area contributed by atoms with Crippen LogP contribution >= 0.6 is 34.5 Å². The summed E-state index contributed by atoms with van der Waals surface area (Å²) in [5.41, 5.74) is 9.49. The van der Waals surface area contributed by atoms with Crippen molar-refractivity contribution < 1.29 is 4.79 Å². The van der Waals surface area contributed by atoms with Gasteiger partial charge in [0, 0.05) is 15.6 Å². The topological polar surface area (TPSA) is 73.8 Å². The number of fused-ring (bicyclic) bond motifs is 1. The van der Waals surface area contributed by atoms with Gasteiger partial charge < -0.3 is 5.73 Å². The molecule has 152 valence electrons. The van der Waals surface area contributed by atoms with Crippen molar-refractivity contribution >= 4 is 56.2 Å². The number of para-hydroxylation sites is 1. The SMILES string of the molecule is Nc1c(-c2nc3ccccc3s2)nn(-c2ccc(Cl)cc2)c1C(=O)c1ccc(Cl)cc1. The minimum Gasteiger partial charge on any atom is -0.395 e. The van der Waals surface area contributed by atoms with Crippen LogP contribution in [0.5, 0.6) is 0 Å². The van der Waals surface area contributed by atoms with Crippen LogP contribution in [0, 0.1) is 0 Å². The largest absolute Gasteiger partial charge is 0.395 e. The molecular weight excluding hydrogens is 451 g/mol. The zero-order chi connectivity index (χ0) is 21.5. The number of aromatic nitrogens is 3. The van der Waals surface area contributed by atoms with Gasteiger partial charge in [-0.05, 0) is 60.7 Å². The molecule has 0 aliphatic carbocycles. The molecule has 0 fully saturated rings. The molecule has 3 aromatic carbocycles. The number of nitrogen functional groups attached to an aromatic ring is 1. The van der Waals surface area contributed by atoms with Crippen molar-refractivity contribution in [1.82, 2.24) is 14.8 Å². The summed E-state index contributed by atoms with van der Waals surface area (Å²) < 4.78 is 2.56. The molecule has 0 spiro atoms. The first-order valence-electron chi connectivity index (χ1n) is 9.32. The highest BCUT2D eigenvalue weighted by Crippen LogP contribution is 2.36. The van der Waals surface area contributed by atoms with Gasteiger partial charge >= 0.3 is 0 Å². The smallest absolute Gasteiger partial charge is 0.213 e. The third kappa shape index (κ3) is 3.59. The van der Waals surface area contributed by atoms with Gasteiger partial charge in [0.1, 0.15) is 16.4 Å². The lowest BCUT2D eigenvalue weighted by atomic mass is 10.1. The van der Waals surface area contributed by atoms with Crippen molar-refractivity contribution in [3.05, 3.63) is 94.1 Å². The number of hydrogen-bond acceptors (Lipinski definition) is 5. The second-order valence-corrected chi connectivity index (χ2v) is 8.73. The molecule has 5 aromatic rings. The van der Waals surface area contributed by atoms with Crippen LogP contribution in [0.4, 0.5) is 5.69 Å². The first-order valence-corrected chi connectivity index (χ1v) is 10.9. The number of thiazole rings is 1. The molecule has 5 rings (SSSR count). The van der Waals surface area contributed by atoms with Crippen molar-refractivity contribution in [3.63, 3.8) is 0 Å². The first kappa shape index (κ1) is 19.8. The van der Waals surface area contributed by atoms with E-state index in [1.165, 1.54) is 11.3 Å². The van der Waals surface area contributed by atoms with Crippen LogP contribution in [0.1, 0.15) is 16.1 Å². The molecule has 0 saturated carbocycles. The maximum Gasteiger partial charge on any atom is 0.213 e. The van der Waals surface area contributed by atoms with Gasteiger partial charge in [-0.3, -0.25) is 4.79 Å². The highest BCUT2D eigenvalue weighted by atomic mass is 35.5. The van der Waals surface area contributed by atoms with Gasteiger partial charge in [-0.1, -0.05) is 35.3 Å². The van der Waals surface area contributed by atoms with Gasteiger partial charge in [-0.15, -0.1) is 11.3 Å². The quantitative estimate of drug-likeness (QED) is 0.318. The molecule has 2 N–H and O–H groups in total. The van der Waals surface area contributed by atoms with Gasteiger partial charge in [0.2, 0.25) is 5.78 Å². The Kier molecular flexibility index (Phi) is 4.98. The highest BCUT2D eigenvalue weighted by Gasteiger charge is 2.26. The second-order valence-electron chi connectivity index (χ2n) is 6.82. The lowest BCUT2D eigenvalue weighted by molar-refractivity contribution is 0.103. The van der Waals surface area contributed by atoms with Gasteiger partial charge in [0.05, 0.1) is 21.6 Å². The summed E-state index contributed by atoms with van der Waals surface area (Å²) in [6, 6.07) is 21.5. The fourth-order valence-electron chi connectivity index (χ4n) is 3.29. The number of benzene rings is 3. The number of nitrogens with zero attached hydrogens (tertiary/aromatic N) is 3. The summed E-state index contributed by atoms with van der Waals surface area (Å²) in [6.07, 6.45) is 0. The summed E-state index contributed by atoms with van der Waals surface area (Å²) in [7, 11) is 0. The predicted octanol–water partition coefficient (Wildman–Crippen LogP) is 6.27. The molecule has 2 aromatic heterocycles. The Hall–Kier alpha value is -3.19. The van der Waals surface area contributed by atoms with E-state index in [0.29, 0.717) is 32.0 Å². The molecular formula is C23H14Cl2N4OS. The Morgan fingerprint density at radius 3 is 2.23 bits per heavy atom. The van der Waals surface area contributed by atoms with Crippen LogP contribution in [0.15, 0.2) is 72.8 Å². The minimum atomic E-state index is -0.260. The van der Waals surface area contributed by atoms with Crippen LogP contribution in [0.3, 0.4) is 0 Å². The number of rotatable bonds is 4. The standard InChI is InChI=1S/C23H14Cl2N4OS/c24-14-7-5-13(6-8-14)22(30)21-19(26)20(23-27-17-3-1-2-4-18(17)31-23)28-29(21)16-11-9-15(25)10-12-16/h1-12H,26H2. The summed E-state index contributed by atoms with van der Waals surface area (Å²) in [6.45, 7) is 0. The number of ketones is 1. The van der Waals surface area contributed by atoms with Crippen LogP contribution in [-0.2, 0) is 0 Å². The summed E-state index contributed by atoms with van der Waals surface area (Å²) in [5.74, 6) is -0.260. The fraction of sp³-hybridized carbons (Fsp3) is 0. The third-order valence-corrected chi connectivity index (χ3v) is 6.36. The molecule has 2 heterocycles. The van der Waals surface area contributed by atoms with Crippen LogP contribution in [-0.4, -0.2) is 20.5 Å². The van der Waals surface area contributed by atoms with Crippen molar-refractivity contribution in [1.29, 1.82) is 0 Å². The number of nitrogens with two attached hydrogens (primary N) is 1. The number of hydrogen-bond donors (Lipinski definition) is 1.